The van der Waals surface area contributed by atoms with Gasteiger partial charge in [0.15, 0.2) is 0 Å². The molecule has 0 bridgehead atoms. The first-order chi connectivity index (χ1) is 13.0. The van der Waals surface area contributed by atoms with E-state index in [1.54, 1.807) is 20.8 Å². The minimum Gasteiger partial charge on any atom is -0.444 e. The molecule has 1 aliphatic heterocycles. The number of carbonyl (C=O) groups is 1. The minimum absolute atomic E-state index is 0.218. The summed E-state index contributed by atoms with van der Waals surface area (Å²) in [6.07, 6.45) is -1.37. The number of nitrogens with two attached hydrogens (primary N) is 1. The number of amides is 1. The Kier molecular flexibility index (Phi) is 5.49. The van der Waals surface area contributed by atoms with Gasteiger partial charge in [-0.25, -0.2) is 14.2 Å². The van der Waals surface area contributed by atoms with Gasteiger partial charge >= 0.3 is 6.09 Å². The van der Waals surface area contributed by atoms with Gasteiger partial charge in [-0.3, -0.25) is 0 Å². The predicted octanol–water partition coefficient (Wildman–Crippen LogP) is 3.67. The Morgan fingerprint density at radius 1 is 1.43 bits per heavy atom. The summed E-state index contributed by atoms with van der Waals surface area (Å²) in [5.41, 5.74) is 8.73. The molecule has 1 unspecified atom stereocenters. The number of hydrogen-bond donors (Lipinski definition) is 2. The molecule has 3 N–H and O–H groups in total. The van der Waals surface area contributed by atoms with Crippen LogP contribution in [0.25, 0.3) is 11.0 Å². The van der Waals surface area contributed by atoms with Crippen LogP contribution in [0.1, 0.15) is 32.8 Å². The molecule has 0 saturated carbocycles. The summed E-state index contributed by atoms with van der Waals surface area (Å²) in [6.45, 7) is 7.98. The molecule has 1 amide bonds. The van der Waals surface area contributed by atoms with Crippen LogP contribution < -0.4 is 16.0 Å². The molecule has 1 fully saturated rings. The van der Waals surface area contributed by atoms with Gasteiger partial charge in [0.1, 0.15) is 17.3 Å². The number of fused-ring (bicyclic) bond motifs is 1. The number of carbonyl (C=O) groups excluding carboxylic acids is 1. The van der Waals surface area contributed by atoms with Crippen molar-refractivity contribution in [3.8, 4) is 0 Å². The monoisotopic (exact) mass is 455 g/mol. The molecule has 9 heteroatoms. The van der Waals surface area contributed by atoms with Crippen molar-refractivity contribution in [3.05, 3.63) is 16.1 Å². The van der Waals surface area contributed by atoms with E-state index in [9.17, 15) is 9.18 Å². The average Bonchev–Trinajstić information content (AvgIpc) is 2.87. The van der Waals surface area contributed by atoms with E-state index >= 15 is 0 Å². The summed E-state index contributed by atoms with van der Waals surface area (Å²) in [5, 5.41) is 2.78. The zero-order chi connectivity index (χ0) is 20.8. The van der Waals surface area contributed by atoms with E-state index in [2.05, 4.69) is 21.2 Å². The van der Waals surface area contributed by atoms with Crippen molar-refractivity contribution in [2.45, 2.75) is 51.9 Å². The molecule has 2 atom stereocenters. The molecular weight excluding hydrogens is 429 g/mol. The lowest BCUT2D eigenvalue weighted by atomic mass is 10.0. The van der Waals surface area contributed by atoms with Crippen molar-refractivity contribution < 1.29 is 13.9 Å². The number of nitrogen functional groups attached to an aromatic ring is 1. The number of halogens is 2. The Hall–Kier alpha value is -2.03. The Balaban J connectivity index is 1.86. The van der Waals surface area contributed by atoms with Crippen molar-refractivity contribution in [3.63, 3.8) is 0 Å². The first kappa shape index (κ1) is 20.7. The SMILES string of the molecule is Cc1cc2c(nc(N3CC(F)C[C@@H](NC(=O)OC(C)(C)C)C3)n2C)c(Br)c1N. The number of piperidine rings is 1. The summed E-state index contributed by atoms with van der Waals surface area (Å²) in [7, 11) is 1.89. The average molecular weight is 456 g/mol. The molecule has 154 valence electrons. The third-order valence-electron chi connectivity index (χ3n) is 4.74. The molecule has 1 aliphatic rings. The van der Waals surface area contributed by atoms with Crippen LogP contribution >= 0.6 is 15.9 Å². The zero-order valence-electron chi connectivity index (χ0n) is 16.8. The quantitative estimate of drug-likeness (QED) is 0.674. The number of alkyl halides is 1. The smallest absolute Gasteiger partial charge is 0.407 e. The van der Waals surface area contributed by atoms with Crippen LogP contribution in [-0.2, 0) is 11.8 Å². The molecule has 0 radical (unpaired) electrons. The number of anilines is 2. The van der Waals surface area contributed by atoms with Gasteiger partial charge in [0.2, 0.25) is 5.95 Å². The number of hydrogen-bond acceptors (Lipinski definition) is 5. The largest absolute Gasteiger partial charge is 0.444 e. The number of nitrogens with zero attached hydrogens (tertiary/aromatic N) is 3. The highest BCUT2D eigenvalue weighted by molar-refractivity contribution is 9.10. The summed E-state index contributed by atoms with van der Waals surface area (Å²) in [5.74, 6) is 0.638. The second-order valence-electron chi connectivity index (χ2n) is 8.34. The number of benzene rings is 1. The lowest BCUT2D eigenvalue weighted by molar-refractivity contribution is 0.0490. The molecule has 7 nitrogen and oxygen atoms in total. The van der Waals surface area contributed by atoms with Gasteiger partial charge in [-0.15, -0.1) is 0 Å². The first-order valence-corrected chi connectivity index (χ1v) is 10.0. The maximum atomic E-state index is 14.5. The van der Waals surface area contributed by atoms with Crippen LogP contribution in [-0.4, -0.2) is 46.5 Å². The van der Waals surface area contributed by atoms with E-state index in [1.165, 1.54) is 0 Å². The fourth-order valence-corrected chi connectivity index (χ4v) is 4.08. The highest BCUT2D eigenvalue weighted by Gasteiger charge is 2.32. The summed E-state index contributed by atoms with van der Waals surface area (Å²) >= 11 is 3.52. The van der Waals surface area contributed by atoms with Crippen molar-refractivity contribution >= 4 is 44.7 Å². The number of aryl methyl sites for hydroxylation is 2. The van der Waals surface area contributed by atoms with Crippen LogP contribution in [0.15, 0.2) is 10.5 Å². The molecule has 1 aromatic carbocycles. The number of nitrogens with one attached hydrogen (secondary N) is 1. The van der Waals surface area contributed by atoms with Crippen molar-refractivity contribution in [1.82, 2.24) is 14.9 Å². The van der Waals surface area contributed by atoms with Crippen molar-refractivity contribution in [2.24, 2.45) is 7.05 Å². The van der Waals surface area contributed by atoms with E-state index in [1.807, 2.05) is 29.5 Å². The van der Waals surface area contributed by atoms with Gasteiger partial charge in [0.25, 0.3) is 0 Å². The van der Waals surface area contributed by atoms with Gasteiger partial charge in [-0.1, -0.05) is 0 Å². The highest BCUT2D eigenvalue weighted by atomic mass is 79.9. The summed E-state index contributed by atoms with van der Waals surface area (Å²) in [6, 6.07) is 1.60. The number of aromatic nitrogens is 2. The topological polar surface area (TPSA) is 85.4 Å². The molecule has 0 spiro atoms. The van der Waals surface area contributed by atoms with Gasteiger partial charge in [-0.05, 0) is 55.3 Å². The van der Waals surface area contributed by atoms with Crippen LogP contribution in [0.2, 0.25) is 0 Å². The van der Waals surface area contributed by atoms with Crippen LogP contribution in [0.5, 0.6) is 0 Å². The fourth-order valence-electron chi connectivity index (χ4n) is 3.47. The molecule has 2 aromatic rings. The number of imidazole rings is 1. The summed E-state index contributed by atoms with van der Waals surface area (Å²) < 4.78 is 22.4. The third-order valence-corrected chi connectivity index (χ3v) is 5.54. The Morgan fingerprint density at radius 2 is 2.11 bits per heavy atom. The lowest BCUT2D eigenvalue weighted by Crippen LogP contribution is -2.53. The molecular formula is C19H27BrFN5O2. The van der Waals surface area contributed by atoms with Crippen LogP contribution in [0.4, 0.5) is 20.8 Å². The molecule has 2 heterocycles. The van der Waals surface area contributed by atoms with Crippen molar-refractivity contribution in [2.75, 3.05) is 23.7 Å². The van der Waals surface area contributed by atoms with Gasteiger partial charge in [0.05, 0.1) is 28.3 Å². The molecule has 1 aromatic heterocycles. The summed E-state index contributed by atoms with van der Waals surface area (Å²) in [4.78, 5) is 18.6. The Morgan fingerprint density at radius 3 is 2.75 bits per heavy atom. The maximum Gasteiger partial charge on any atom is 0.407 e. The number of alkyl carbamates (subject to hydrolysis) is 1. The van der Waals surface area contributed by atoms with Crippen LogP contribution in [0, 0.1) is 6.92 Å². The van der Waals surface area contributed by atoms with Gasteiger partial charge in [0, 0.05) is 20.0 Å². The van der Waals surface area contributed by atoms with Gasteiger partial charge < -0.3 is 25.3 Å². The Labute approximate surface area is 172 Å². The standard InChI is InChI=1S/C19H27BrFN5O2/c1-10-6-13-16(14(20)15(10)22)24-17(25(13)5)26-8-11(21)7-12(9-26)23-18(27)28-19(2,3)4/h6,11-12H,7-9,22H2,1-5H3,(H,23,27)/t11?,12-/m1/s1. The van der Waals surface area contributed by atoms with E-state index in [0.29, 0.717) is 18.2 Å². The van der Waals surface area contributed by atoms with Gasteiger partial charge in [-0.2, -0.15) is 0 Å². The molecule has 0 aliphatic carbocycles. The lowest BCUT2D eigenvalue weighted by Gasteiger charge is -2.35. The maximum absolute atomic E-state index is 14.5. The Bertz CT molecular complexity index is 908. The molecule has 1 saturated heterocycles. The normalized spacial score (nSPS) is 20.5. The number of ether oxygens (including phenoxy) is 1. The second kappa shape index (κ2) is 7.42. The number of rotatable bonds is 2. The fraction of sp³-hybridized carbons (Fsp3) is 0.579. The third kappa shape index (κ3) is 4.19. The van der Waals surface area contributed by atoms with E-state index in [4.69, 9.17) is 15.5 Å². The zero-order valence-corrected chi connectivity index (χ0v) is 18.4. The second-order valence-corrected chi connectivity index (χ2v) is 9.13. The predicted molar refractivity (Wildman–Crippen MR) is 112 cm³/mol. The molecule has 28 heavy (non-hydrogen) atoms. The van der Waals surface area contributed by atoms with E-state index in [-0.39, 0.29) is 19.0 Å². The van der Waals surface area contributed by atoms with E-state index in [0.717, 1.165) is 21.1 Å². The van der Waals surface area contributed by atoms with Crippen LogP contribution in [0.3, 0.4) is 0 Å². The minimum atomic E-state index is -1.08. The first-order valence-electron chi connectivity index (χ1n) is 9.25. The van der Waals surface area contributed by atoms with Crippen molar-refractivity contribution in [1.29, 1.82) is 0 Å². The molecule has 3 rings (SSSR count). The highest BCUT2D eigenvalue weighted by Crippen LogP contribution is 2.34. The van der Waals surface area contributed by atoms with E-state index < -0.39 is 17.9 Å².